The van der Waals surface area contributed by atoms with E-state index in [-0.39, 0.29) is 10.6 Å². The van der Waals surface area contributed by atoms with Crippen LogP contribution in [0.2, 0.25) is 5.02 Å². The summed E-state index contributed by atoms with van der Waals surface area (Å²) in [5.74, 6) is -1.39. The average Bonchev–Trinajstić information content (AvgIpc) is 2.01. The molecule has 0 heterocycles. The number of halogens is 2. The van der Waals surface area contributed by atoms with Gasteiger partial charge in [-0.25, -0.2) is 9.18 Å². The Hall–Kier alpha value is -1.62. The van der Waals surface area contributed by atoms with Crippen LogP contribution in [0.15, 0.2) is 18.2 Å². The molecular weight excluding hydrogens is 211 g/mol. The maximum absolute atomic E-state index is 13.1. The zero-order valence-corrected chi connectivity index (χ0v) is 7.64. The van der Waals surface area contributed by atoms with Crippen LogP contribution in [-0.4, -0.2) is 12.0 Å². The second kappa shape index (κ2) is 4.06. The van der Waals surface area contributed by atoms with Crippen molar-refractivity contribution in [2.45, 2.75) is 0 Å². The van der Waals surface area contributed by atoms with E-state index in [1.165, 1.54) is 12.1 Å². The van der Waals surface area contributed by atoms with E-state index in [1.807, 2.05) is 0 Å². The number of ether oxygens (including phenoxy) is 1. The number of primary amides is 1. The number of hydrogen-bond acceptors (Lipinski definition) is 3. The van der Waals surface area contributed by atoms with Crippen LogP contribution >= 0.6 is 11.6 Å². The number of hydrogen-bond donors (Lipinski definition) is 2. The molecule has 0 aliphatic rings. The summed E-state index contributed by atoms with van der Waals surface area (Å²) >= 11 is 5.48. The summed E-state index contributed by atoms with van der Waals surface area (Å²) in [6.45, 7) is 0. The number of amides is 1. The van der Waals surface area contributed by atoms with Crippen molar-refractivity contribution in [2.24, 2.45) is 5.73 Å². The molecule has 1 aromatic carbocycles. The molecule has 0 radical (unpaired) electrons. The summed E-state index contributed by atoms with van der Waals surface area (Å²) in [6.07, 6.45) is -1.16. The smallest absolute Gasteiger partial charge is 0.391 e. The molecule has 1 rings (SSSR count). The van der Waals surface area contributed by atoms with Crippen LogP contribution in [-0.2, 0) is 4.74 Å². The van der Waals surface area contributed by atoms with Gasteiger partial charge < -0.3 is 10.5 Å². The Morgan fingerprint density at radius 1 is 1.57 bits per heavy atom. The average molecular weight is 217 g/mol. The van der Waals surface area contributed by atoms with Gasteiger partial charge in [-0.05, 0) is 18.2 Å². The highest BCUT2D eigenvalue weighted by molar-refractivity contribution is 6.30. The molecule has 0 spiro atoms. The largest absolute Gasteiger partial charge is 0.411 e. The molecule has 0 fully saturated rings. The third-order valence-electron chi connectivity index (χ3n) is 1.38. The molecule has 1 amide bonds. The van der Waals surface area contributed by atoms with Crippen molar-refractivity contribution in [3.8, 4) is 0 Å². The maximum Gasteiger partial charge on any atom is 0.411 e. The van der Waals surface area contributed by atoms with Crippen molar-refractivity contribution < 1.29 is 13.9 Å². The first-order valence-electron chi connectivity index (χ1n) is 3.52. The molecule has 0 aromatic heterocycles. The molecule has 3 N–H and O–H groups in total. The minimum atomic E-state index is -1.16. The van der Waals surface area contributed by atoms with Gasteiger partial charge in [0, 0.05) is 5.02 Å². The van der Waals surface area contributed by atoms with Crippen molar-refractivity contribution in [3.63, 3.8) is 0 Å². The molecule has 14 heavy (non-hydrogen) atoms. The predicted molar refractivity (Wildman–Crippen MR) is 48.9 cm³/mol. The summed E-state index contributed by atoms with van der Waals surface area (Å²) in [7, 11) is 0. The van der Waals surface area contributed by atoms with Crippen LogP contribution in [0.5, 0.6) is 0 Å². The lowest BCUT2D eigenvalue weighted by Gasteiger charge is -2.03. The molecule has 6 heteroatoms. The topological polar surface area (TPSA) is 76.2 Å². The van der Waals surface area contributed by atoms with Crippen molar-refractivity contribution >= 4 is 23.6 Å². The minimum Gasteiger partial charge on any atom is -0.391 e. The first kappa shape index (κ1) is 10.5. The highest BCUT2D eigenvalue weighted by atomic mass is 35.5. The zero-order valence-electron chi connectivity index (χ0n) is 6.88. The highest BCUT2D eigenvalue weighted by Crippen LogP contribution is 2.15. The van der Waals surface area contributed by atoms with Gasteiger partial charge in [0.15, 0.2) is 0 Å². The van der Waals surface area contributed by atoms with E-state index in [0.29, 0.717) is 0 Å². The van der Waals surface area contributed by atoms with Crippen molar-refractivity contribution in [2.75, 3.05) is 0 Å². The van der Waals surface area contributed by atoms with E-state index < -0.39 is 17.8 Å². The Bertz CT molecular complexity index is 395. The van der Waals surface area contributed by atoms with Crippen LogP contribution < -0.4 is 5.73 Å². The standard InChI is InChI=1S/C8H6ClFN2O2/c9-4-1-2-5(6(10)3-4)7(11)14-8(12)13/h1-3,11H,(H2,12,13). The monoisotopic (exact) mass is 216 g/mol. The lowest BCUT2D eigenvalue weighted by Crippen LogP contribution is -2.19. The van der Waals surface area contributed by atoms with E-state index in [0.717, 1.165) is 6.07 Å². The summed E-state index contributed by atoms with van der Waals surface area (Å²) in [5, 5.41) is 7.36. The van der Waals surface area contributed by atoms with Crippen LogP contribution in [0, 0.1) is 11.2 Å². The first-order valence-corrected chi connectivity index (χ1v) is 3.90. The molecule has 0 bridgehead atoms. The second-order valence-corrected chi connectivity index (χ2v) is 2.81. The Kier molecular flexibility index (Phi) is 3.03. The van der Waals surface area contributed by atoms with Gasteiger partial charge in [0.1, 0.15) is 5.82 Å². The number of carbonyl (C=O) groups excluding carboxylic acids is 1. The molecule has 1 aromatic rings. The predicted octanol–water partition coefficient (Wildman–Crippen LogP) is 1.90. The molecule has 0 saturated heterocycles. The Labute approximate surface area is 83.9 Å². The normalized spacial score (nSPS) is 9.57. The number of carbonyl (C=O) groups is 1. The SMILES string of the molecule is N=C(OC(N)=O)c1ccc(Cl)cc1F. The lowest BCUT2D eigenvalue weighted by atomic mass is 10.2. The summed E-state index contributed by atoms with van der Waals surface area (Å²) in [5.41, 5.74) is 4.49. The third-order valence-corrected chi connectivity index (χ3v) is 1.61. The number of benzene rings is 1. The summed E-state index contributed by atoms with van der Waals surface area (Å²) < 4.78 is 17.3. The number of nitrogens with one attached hydrogen (secondary N) is 1. The van der Waals surface area contributed by atoms with Crippen molar-refractivity contribution in [1.29, 1.82) is 5.41 Å². The fourth-order valence-electron chi connectivity index (χ4n) is 0.829. The van der Waals surface area contributed by atoms with E-state index in [4.69, 9.17) is 17.0 Å². The van der Waals surface area contributed by atoms with Gasteiger partial charge >= 0.3 is 6.09 Å². The number of nitrogens with two attached hydrogens (primary N) is 1. The van der Waals surface area contributed by atoms with Crippen LogP contribution in [0.3, 0.4) is 0 Å². The maximum atomic E-state index is 13.1. The van der Waals surface area contributed by atoms with E-state index in [2.05, 4.69) is 10.5 Å². The Morgan fingerprint density at radius 2 is 2.21 bits per heavy atom. The fraction of sp³-hybridized carbons (Fsp3) is 0. The van der Waals surface area contributed by atoms with Gasteiger partial charge in [-0.1, -0.05) is 11.6 Å². The van der Waals surface area contributed by atoms with Crippen LogP contribution in [0.25, 0.3) is 0 Å². The molecule has 4 nitrogen and oxygen atoms in total. The molecule has 0 unspecified atom stereocenters. The van der Waals surface area contributed by atoms with Gasteiger partial charge in [-0.3, -0.25) is 5.41 Å². The second-order valence-electron chi connectivity index (χ2n) is 2.37. The summed E-state index contributed by atoms with van der Waals surface area (Å²) in [6, 6.07) is 3.61. The molecule has 0 atom stereocenters. The molecule has 0 aliphatic heterocycles. The third kappa shape index (κ3) is 2.43. The van der Waals surface area contributed by atoms with Gasteiger partial charge in [-0.2, -0.15) is 0 Å². The van der Waals surface area contributed by atoms with Crippen molar-refractivity contribution in [3.05, 3.63) is 34.6 Å². The molecule has 74 valence electrons. The quantitative estimate of drug-likeness (QED) is 0.556. The lowest BCUT2D eigenvalue weighted by molar-refractivity contribution is 0.207. The van der Waals surface area contributed by atoms with Crippen LogP contribution in [0.4, 0.5) is 9.18 Å². The van der Waals surface area contributed by atoms with Crippen molar-refractivity contribution in [1.82, 2.24) is 0 Å². The van der Waals surface area contributed by atoms with Gasteiger partial charge in [0.2, 0.25) is 5.90 Å². The van der Waals surface area contributed by atoms with Gasteiger partial charge in [0.05, 0.1) is 5.56 Å². The zero-order chi connectivity index (χ0) is 10.7. The highest BCUT2D eigenvalue weighted by Gasteiger charge is 2.11. The van der Waals surface area contributed by atoms with Crippen LogP contribution in [0.1, 0.15) is 5.56 Å². The molecular formula is C8H6ClFN2O2. The Balaban J connectivity index is 2.96. The van der Waals surface area contributed by atoms with E-state index in [9.17, 15) is 9.18 Å². The van der Waals surface area contributed by atoms with Gasteiger partial charge in [-0.15, -0.1) is 0 Å². The fourth-order valence-corrected chi connectivity index (χ4v) is 0.988. The number of rotatable bonds is 1. The minimum absolute atomic E-state index is 0.173. The Morgan fingerprint density at radius 3 is 2.71 bits per heavy atom. The first-order chi connectivity index (χ1) is 6.50. The molecule has 0 saturated carbocycles. The van der Waals surface area contributed by atoms with E-state index >= 15 is 0 Å². The van der Waals surface area contributed by atoms with Gasteiger partial charge in [0.25, 0.3) is 0 Å². The van der Waals surface area contributed by atoms with E-state index in [1.54, 1.807) is 0 Å². The molecule has 0 aliphatic carbocycles. The summed E-state index contributed by atoms with van der Waals surface area (Å²) in [4.78, 5) is 10.3.